The van der Waals surface area contributed by atoms with Gasteiger partial charge in [0.1, 0.15) is 6.17 Å². The molecule has 0 aliphatic heterocycles. The monoisotopic (exact) mass is 173 g/mol. The summed E-state index contributed by atoms with van der Waals surface area (Å²) in [6, 6.07) is 0. The van der Waals surface area contributed by atoms with Crippen LogP contribution < -0.4 is 5.73 Å². The van der Waals surface area contributed by atoms with Crippen molar-refractivity contribution in [2.75, 3.05) is 6.54 Å². The van der Waals surface area contributed by atoms with Gasteiger partial charge in [-0.3, -0.25) is 0 Å². The third-order valence-electron chi connectivity index (χ3n) is 2.96. The molecular weight excluding hydrogens is 153 g/mol. The molecule has 1 fully saturated rings. The maximum Gasteiger partial charge on any atom is 0.104 e. The zero-order chi connectivity index (χ0) is 9.19. The molecule has 12 heavy (non-hydrogen) atoms. The Labute approximate surface area is 74.5 Å². The predicted octanol–water partition coefficient (Wildman–Crippen LogP) is 2.50. The lowest BCUT2D eigenvalue weighted by atomic mass is 9.89. The maximum absolute atomic E-state index is 13.4. The van der Waals surface area contributed by atoms with Gasteiger partial charge in [0.2, 0.25) is 0 Å². The summed E-state index contributed by atoms with van der Waals surface area (Å²) < 4.78 is 13.4. The number of nitrogens with two attached hydrogens (primary N) is 1. The fraction of sp³-hybridized carbons (Fsp3) is 1.00. The smallest absolute Gasteiger partial charge is 0.104 e. The number of halogens is 1. The molecule has 0 aromatic carbocycles. The van der Waals surface area contributed by atoms with Crippen LogP contribution in [0.5, 0.6) is 0 Å². The summed E-state index contributed by atoms with van der Waals surface area (Å²) in [6.45, 7) is 4.93. The lowest BCUT2D eigenvalue weighted by molar-refractivity contribution is 0.205. The van der Waals surface area contributed by atoms with Crippen LogP contribution in [-0.2, 0) is 0 Å². The molecule has 1 nitrogen and oxygen atoms in total. The molecule has 2 unspecified atom stereocenters. The van der Waals surface area contributed by atoms with Gasteiger partial charge in [-0.1, -0.05) is 13.8 Å². The Hall–Kier alpha value is -0.110. The zero-order valence-electron chi connectivity index (χ0n) is 8.15. The van der Waals surface area contributed by atoms with E-state index in [2.05, 4.69) is 13.8 Å². The molecular formula is C10H20FN. The molecule has 1 aliphatic carbocycles. The van der Waals surface area contributed by atoms with Crippen molar-refractivity contribution < 1.29 is 4.39 Å². The van der Waals surface area contributed by atoms with Crippen LogP contribution in [-0.4, -0.2) is 12.7 Å². The summed E-state index contributed by atoms with van der Waals surface area (Å²) >= 11 is 0. The number of rotatable bonds is 3. The van der Waals surface area contributed by atoms with Gasteiger partial charge < -0.3 is 5.73 Å². The van der Waals surface area contributed by atoms with Gasteiger partial charge in [-0.05, 0) is 43.6 Å². The summed E-state index contributed by atoms with van der Waals surface area (Å²) in [7, 11) is 0. The van der Waals surface area contributed by atoms with E-state index in [0.29, 0.717) is 18.4 Å². The van der Waals surface area contributed by atoms with E-state index in [1.165, 1.54) is 6.42 Å². The molecule has 1 saturated carbocycles. The Balaban J connectivity index is 2.36. The van der Waals surface area contributed by atoms with Crippen LogP contribution in [0.1, 0.15) is 39.5 Å². The maximum atomic E-state index is 13.4. The van der Waals surface area contributed by atoms with Crippen LogP contribution in [0.4, 0.5) is 4.39 Å². The van der Waals surface area contributed by atoms with Crippen molar-refractivity contribution in [2.45, 2.75) is 45.7 Å². The average Bonchev–Trinajstić information content (AvgIpc) is 2.31. The van der Waals surface area contributed by atoms with Crippen molar-refractivity contribution in [3.05, 3.63) is 0 Å². The molecule has 0 heterocycles. The molecule has 0 radical (unpaired) electrons. The SMILES string of the molecule is CC1(C)CCC(C(F)CCN)C1. The Morgan fingerprint density at radius 1 is 1.58 bits per heavy atom. The molecule has 0 saturated heterocycles. The highest BCUT2D eigenvalue weighted by Crippen LogP contribution is 2.43. The van der Waals surface area contributed by atoms with Crippen molar-refractivity contribution >= 4 is 0 Å². The lowest BCUT2D eigenvalue weighted by Crippen LogP contribution is -2.18. The van der Waals surface area contributed by atoms with Gasteiger partial charge in [-0.15, -0.1) is 0 Å². The number of hydrogen-bond donors (Lipinski definition) is 1. The van der Waals surface area contributed by atoms with Crippen molar-refractivity contribution in [2.24, 2.45) is 17.1 Å². The first-order valence-corrected chi connectivity index (χ1v) is 4.89. The normalized spacial score (nSPS) is 30.5. The van der Waals surface area contributed by atoms with E-state index < -0.39 is 6.17 Å². The van der Waals surface area contributed by atoms with Gasteiger partial charge in [0.05, 0.1) is 0 Å². The van der Waals surface area contributed by atoms with Gasteiger partial charge >= 0.3 is 0 Å². The highest BCUT2D eigenvalue weighted by molar-refractivity contribution is 4.85. The Bertz CT molecular complexity index is 145. The van der Waals surface area contributed by atoms with Gasteiger partial charge in [-0.25, -0.2) is 4.39 Å². The average molecular weight is 173 g/mol. The van der Waals surface area contributed by atoms with Crippen molar-refractivity contribution in [1.29, 1.82) is 0 Å². The fourth-order valence-electron chi connectivity index (χ4n) is 2.19. The van der Waals surface area contributed by atoms with E-state index in [4.69, 9.17) is 5.73 Å². The minimum absolute atomic E-state index is 0.281. The molecule has 1 aliphatic rings. The topological polar surface area (TPSA) is 26.0 Å². The Kier molecular flexibility index (Phi) is 3.10. The Morgan fingerprint density at radius 3 is 2.67 bits per heavy atom. The zero-order valence-corrected chi connectivity index (χ0v) is 8.15. The summed E-state index contributed by atoms with van der Waals surface area (Å²) in [5.41, 5.74) is 5.69. The van der Waals surface area contributed by atoms with E-state index in [-0.39, 0.29) is 5.92 Å². The number of hydrogen-bond acceptors (Lipinski definition) is 1. The molecule has 2 atom stereocenters. The summed E-state index contributed by atoms with van der Waals surface area (Å²) in [6.07, 6.45) is 3.14. The largest absolute Gasteiger partial charge is 0.330 e. The highest BCUT2D eigenvalue weighted by atomic mass is 19.1. The summed E-state index contributed by atoms with van der Waals surface area (Å²) in [5, 5.41) is 0. The molecule has 0 bridgehead atoms. The highest BCUT2D eigenvalue weighted by Gasteiger charge is 2.35. The van der Waals surface area contributed by atoms with Crippen LogP contribution in [0.2, 0.25) is 0 Å². The van der Waals surface area contributed by atoms with Crippen LogP contribution in [0, 0.1) is 11.3 Å². The molecule has 0 spiro atoms. The van der Waals surface area contributed by atoms with Crippen LogP contribution in [0.3, 0.4) is 0 Å². The minimum Gasteiger partial charge on any atom is -0.330 e. The third kappa shape index (κ3) is 2.44. The van der Waals surface area contributed by atoms with Crippen LogP contribution in [0.15, 0.2) is 0 Å². The Morgan fingerprint density at radius 2 is 2.25 bits per heavy atom. The van der Waals surface area contributed by atoms with Crippen LogP contribution in [0.25, 0.3) is 0 Å². The quantitative estimate of drug-likeness (QED) is 0.697. The van der Waals surface area contributed by atoms with E-state index in [9.17, 15) is 4.39 Å². The molecule has 0 aromatic rings. The molecule has 2 N–H and O–H groups in total. The van der Waals surface area contributed by atoms with Gasteiger partial charge in [0.25, 0.3) is 0 Å². The van der Waals surface area contributed by atoms with E-state index in [1.54, 1.807) is 0 Å². The van der Waals surface area contributed by atoms with Crippen molar-refractivity contribution in [3.63, 3.8) is 0 Å². The second-order valence-corrected chi connectivity index (χ2v) is 4.76. The molecule has 72 valence electrons. The number of alkyl halides is 1. The molecule has 2 heteroatoms. The second kappa shape index (κ2) is 3.73. The molecule has 0 amide bonds. The third-order valence-corrected chi connectivity index (χ3v) is 2.96. The van der Waals surface area contributed by atoms with Gasteiger partial charge in [-0.2, -0.15) is 0 Å². The summed E-state index contributed by atoms with van der Waals surface area (Å²) in [4.78, 5) is 0. The second-order valence-electron chi connectivity index (χ2n) is 4.76. The van der Waals surface area contributed by atoms with Crippen molar-refractivity contribution in [3.8, 4) is 0 Å². The minimum atomic E-state index is -0.656. The molecule has 0 aromatic heterocycles. The summed E-state index contributed by atoms with van der Waals surface area (Å²) in [5.74, 6) is 0.281. The van der Waals surface area contributed by atoms with E-state index in [1.807, 2.05) is 0 Å². The lowest BCUT2D eigenvalue weighted by Gasteiger charge is -2.19. The predicted molar refractivity (Wildman–Crippen MR) is 49.7 cm³/mol. The van der Waals surface area contributed by atoms with Crippen LogP contribution >= 0.6 is 0 Å². The van der Waals surface area contributed by atoms with Crippen molar-refractivity contribution in [1.82, 2.24) is 0 Å². The fourth-order valence-corrected chi connectivity index (χ4v) is 2.19. The first kappa shape index (κ1) is 9.97. The standard InChI is InChI=1S/C10H20FN/c1-10(2)5-3-8(7-10)9(11)4-6-12/h8-9H,3-7,12H2,1-2H3. The first-order chi connectivity index (χ1) is 5.55. The van der Waals surface area contributed by atoms with E-state index in [0.717, 1.165) is 12.8 Å². The van der Waals surface area contributed by atoms with E-state index >= 15 is 0 Å². The first-order valence-electron chi connectivity index (χ1n) is 4.89. The molecule has 1 rings (SSSR count). The van der Waals surface area contributed by atoms with Gasteiger partial charge in [0, 0.05) is 0 Å². The van der Waals surface area contributed by atoms with Gasteiger partial charge in [0.15, 0.2) is 0 Å².